The van der Waals surface area contributed by atoms with Crippen molar-refractivity contribution in [2.75, 3.05) is 13.7 Å². The zero-order valence-electron chi connectivity index (χ0n) is 19.0. The molecule has 0 spiro atoms. The summed E-state index contributed by atoms with van der Waals surface area (Å²) in [5.74, 6) is 0. The van der Waals surface area contributed by atoms with E-state index in [1.807, 2.05) is 76.2 Å². The molecule has 0 aliphatic carbocycles. The van der Waals surface area contributed by atoms with Crippen LogP contribution in [0.3, 0.4) is 0 Å². The predicted molar refractivity (Wildman–Crippen MR) is 121 cm³/mol. The summed E-state index contributed by atoms with van der Waals surface area (Å²) in [7, 11) is 0.951. The number of alkyl carbamates (subject to hydrolysis) is 1. The second-order valence-corrected chi connectivity index (χ2v) is 8.75. The fourth-order valence-electron chi connectivity index (χ4n) is 3.40. The molecule has 0 radical (unpaired) electrons. The van der Waals surface area contributed by atoms with Gasteiger partial charge in [-0.2, -0.15) is 0 Å². The van der Waals surface area contributed by atoms with Gasteiger partial charge in [0.25, 0.3) is 0 Å². The van der Waals surface area contributed by atoms with Gasteiger partial charge in [-0.25, -0.2) is 4.79 Å². The summed E-state index contributed by atoms with van der Waals surface area (Å²) in [4.78, 5) is 11.4. The topological polar surface area (TPSA) is 66.0 Å². The van der Waals surface area contributed by atoms with Crippen molar-refractivity contribution in [3.05, 3.63) is 65.7 Å². The molecule has 3 rings (SSSR count). The Labute approximate surface area is 185 Å². The van der Waals surface area contributed by atoms with Crippen molar-refractivity contribution in [2.24, 2.45) is 0 Å². The molecule has 166 valence electrons. The van der Waals surface area contributed by atoms with Crippen LogP contribution in [0.5, 0.6) is 0 Å². The van der Waals surface area contributed by atoms with Gasteiger partial charge in [0, 0.05) is 6.54 Å². The van der Waals surface area contributed by atoms with Crippen LogP contribution in [0, 0.1) is 0 Å². The van der Waals surface area contributed by atoms with E-state index in [4.69, 9.17) is 14.0 Å². The number of nitrogens with one attached hydrogen (secondary N) is 1. The molecular weight excluding hydrogens is 393 g/mol. The maximum atomic E-state index is 11.4. The fraction of sp³-hybridized carbons (Fsp3) is 0.458. The van der Waals surface area contributed by atoms with Crippen LogP contribution in [0.1, 0.15) is 51.3 Å². The highest BCUT2D eigenvalue weighted by atomic mass is 16.7. The van der Waals surface area contributed by atoms with Crippen molar-refractivity contribution >= 4 is 18.7 Å². The van der Waals surface area contributed by atoms with Crippen molar-refractivity contribution < 1.29 is 23.6 Å². The van der Waals surface area contributed by atoms with E-state index in [0.29, 0.717) is 19.6 Å². The molecular formula is C24H32BNO5. The summed E-state index contributed by atoms with van der Waals surface area (Å²) in [6.07, 6.45) is 0.0385. The number of carbonyl (C=O) groups excluding carboxylic acids is 1. The molecule has 1 aliphatic heterocycles. The molecule has 0 bridgehead atoms. The Bertz CT molecular complexity index is 855. The van der Waals surface area contributed by atoms with Crippen LogP contribution in [-0.2, 0) is 25.4 Å². The van der Waals surface area contributed by atoms with E-state index in [9.17, 15) is 4.79 Å². The molecule has 1 aliphatic rings. The van der Waals surface area contributed by atoms with Crippen LogP contribution in [-0.4, -0.2) is 38.1 Å². The highest BCUT2D eigenvalue weighted by Gasteiger charge is 2.51. The Morgan fingerprint density at radius 1 is 1.03 bits per heavy atom. The molecule has 0 saturated carbocycles. The third-order valence-electron chi connectivity index (χ3n) is 5.96. The lowest BCUT2D eigenvalue weighted by atomic mass is 9.78. The molecule has 0 aromatic heterocycles. The standard InChI is InChI=1S/C24H32BNO5/c1-23(2)24(3,4)31-25(30-23)20-13-9-10-18(16-20)17-29-21(14-15-26-22(27)28-5)19-11-7-6-8-12-19/h6-13,16,21H,14-15,17H2,1-5H3,(H,26,27). The van der Waals surface area contributed by atoms with Crippen molar-refractivity contribution in [3.8, 4) is 0 Å². The Morgan fingerprint density at radius 2 is 1.71 bits per heavy atom. The number of methoxy groups -OCH3 is 1. The normalized spacial score (nSPS) is 17.9. The first-order chi connectivity index (χ1) is 14.7. The van der Waals surface area contributed by atoms with Crippen LogP contribution in [0.25, 0.3) is 0 Å². The number of carbonyl (C=O) groups is 1. The van der Waals surface area contributed by atoms with Gasteiger partial charge >= 0.3 is 13.2 Å². The average molecular weight is 425 g/mol. The van der Waals surface area contributed by atoms with Gasteiger partial charge in [0.2, 0.25) is 0 Å². The molecule has 2 aromatic rings. The minimum atomic E-state index is -0.443. The maximum absolute atomic E-state index is 11.4. The van der Waals surface area contributed by atoms with Crippen molar-refractivity contribution in [2.45, 2.75) is 58.0 Å². The molecule has 1 atom stereocenters. The second kappa shape index (κ2) is 9.85. The predicted octanol–water partition coefficient (Wildman–Crippen LogP) is 3.99. The minimum Gasteiger partial charge on any atom is -0.453 e. The molecule has 6 nitrogen and oxygen atoms in total. The van der Waals surface area contributed by atoms with Gasteiger partial charge in [0.1, 0.15) is 0 Å². The Kier molecular flexibility index (Phi) is 7.41. The zero-order valence-corrected chi connectivity index (χ0v) is 19.0. The van der Waals surface area contributed by atoms with E-state index in [-0.39, 0.29) is 17.3 Å². The minimum absolute atomic E-state index is 0.154. The maximum Gasteiger partial charge on any atom is 0.494 e. The monoisotopic (exact) mass is 425 g/mol. The summed E-state index contributed by atoms with van der Waals surface area (Å²) in [5, 5.41) is 2.72. The van der Waals surface area contributed by atoms with E-state index in [0.717, 1.165) is 16.6 Å². The van der Waals surface area contributed by atoms with E-state index in [1.54, 1.807) is 0 Å². The molecule has 1 heterocycles. The zero-order chi connectivity index (χ0) is 22.5. The van der Waals surface area contributed by atoms with E-state index in [1.165, 1.54) is 7.11 Å². The summed E-state index contributed by atoms with van der Waals surface area (Å²) < 4.78 is 23.2. The summed E-state index contributed by atoms with van der Waals surface area (Å²) in [6, 6.07) is 18.1. The molecule has 31 heavy (non-hydrogen) atoms. The number of hydrogen-bond acceptors (Lipinski definition) is 5. The van der Waals surface area contributed by atoms with Crippen molar-refractivity contribution in [1.82, 2.24) is 5.32 Å². The molecule has 1 saturated heterocycles. The molecule has 7 heteroatoms. The van der Waals surface area contributed by atoms with Crippen LogP contribution >= 0.6 is 0 Å². The van der Waals surface area contributed by atoms with Gasteiger partial charge in [0.15, 0.2) is 0 Å². The van der Waals surface area contributed by atoms with Gasteiger partial charge in [-0.1, -0.05) is 54.6 Å². The molecule has 1 unspecified atom stereocenters. The average Bonchev–Trinajstić information content (AvgIpc) is 2.98. The lowest BCUT2D eigenvalue weighted by Gasteiger charge is -2.32. The van der Waals surface area contributed by atoms with Gasteiger partial charge in [0.05, 0.1) is 31.0 Å². The van der Waals surface area contributed by atoms with E-state index < -0.39 is 13.2 Å². The number of hydrogen-bond donors (Lipinski definition) is 1. The molecule has 1 amide bonds. The van der Waals surface area contributed by atoms with E-state index >= 15 is 0 Å². The van der Waals surface area contributed by atoms with Gasteiger partial charge in [-0.05, 0) is 50.7 Å². The first-order valence-electron chi connectivity index (χ1n) is 10.6. The van der Waals surface area contributed by atoms with Gasteiger partial charge in [-0.15, -0.1) is 0 Å². The number of amides is 1. The fourth-order valence-corrected chi connectivity index (χ4v) is 3.40. The van der Waals surface area contributed by atoms with Crippen molar-refractivity contribution in [3.63, 3.8) is 0 Å². The Balaban J connectivity index is 1.66. The molecule has 1 fully saturated rings. The SMILES string of the molecule is COC(=O)NCCC(OCc1cccc(B2OC(C)(C)C(C)(C)O2)c1)c1ccccc1. The Hall–Kier alpha value is -2.35. The lowest BCUT2D eigenvalue weighted by molar-refractivity contribution is 0.00578. The lowest BCUT2D eigenvalue weighted by Crippen LogP contribution is -2.41. The smallest absolute Gasteiger partial charge is 0.453 e. The van der Waals surface area contributed by atoms with Crippen LogP contribution in [0.15, 0.2) is 54.6 Å². The first-order valence-corrected chi connectivity index (χ1v) is 10.6. The highest BCUT2D eigenvalue weighted by molar-refractivity contribution is 6.62. The van der Waals surface area contributed by atoms with E-state index in [2.05, 4.69) is 16.1 Å². The number of ether oxygens (including phenoxy) is 2. The second-order valence-electron chi connectivity index (χ2n) is 8.75. The summed E-state index contributed by atoms with van der Waals surface area (Å²) >= 11 is 0. The Morgan fingerprint density at radius 3 is 2.35 bits per heavy atom. The summed E-state index contributed by atoms with van der Waals surface area (Å²) in [6.45, 7) is 9.09. The molecule has 1 N–H and O–H groups in total. The summed E-state index contributed by atoms with van der Waals surface area (Å²) in [5.41, 5.74) is 2.32. The third-order valence-corrected chi connectivity index (χ3v) is 5.96. The van der Waals surface area contributed by atoms with Crippen LogP contribution in [0.2, 0.25) is 0 Å². The quantitative estimate of drug-likeness (QED) is 0.648. The first kappa shape index (κ1) is 23.3. The number of rotatable bonds is 8. The third kappa shape index (κ3) is 5.88. The van der Waals surface area contributed by atoms with Crippen molar-refractivity contribution in [1.29, 1.82) is 0 Å². The van der Waals surface area contributed by atoms with Crippen LogP contribution < -0.4 is 10.8 Å². The largest absolute Gasteiger partial charge is 0.494 e. The number of benzene rings is 2. The van der Waals surface area contributed by atoms with Gasteiger partial charge < -0.3 is 24.1 Å². The van der Waals surface area contributed by atoms with Crippen LogP contribution in [0.4, 0.5) is 4.79 Å². The highest BCUT2D eigenvalue weighted by Crippen LogP contribution is 2.36. The molecule has 2 aromatic carbocycles. The van der Waals surface area contributed by atoms with Gasteiger partial charge in [-0.3, -0.25) is 0 Å².